The Labute approximate surface area is 141 Å². The number of aryl methyl sites for hydroxylation is 2. The summed E-state index contributed by atoms with van der Waals surface area (Å²) in [5.41, 5.74) is 1.32. The van der Waals surface area contributed by atoms with Crippen molar-refractivity contribution in [3.8, 4) is 0 Å². The van der Waals surface area contributed by atoms with Crippen molar-refractivity contribution in [2.75, 3.05) is 42.8 Å². The summed E-state index contributed by atoms with van der Waals surface area (Å²) >= 11 is 0. The molecule has 0 spiro atoms. The standard InChI is InChI=1S/C15H21N5O3S/c1-11-15(12(2)23-17-11)24(21,22)18-14-5-4-13(10-16-14)20-8-6-19(3)7-9-20/h4-5,10H,6-9H2,1-3H3,(H,16,18). The number of hydrogen-bond donors (Lipinski definition) is 1. The molecule has 0 aromatic carbocycles. The lowest BCUT2D eigenvalue weighted by molar-refractivity contribution is 0.313. The molecule has 1 N–H and O–H groups in total. The second kappa shape index (κ2) is 6.40. The van der Waals surface area contributed by atoms with Gasteiger partial charge in [0, 0.05) is 26.2 Å². The van der Waals surface area contributed by atoms with Gasteiger partial charge in [0.1, 0.15) is 11.5 Å². The Morgan fingerprint density at radius 2 is 1.88 bits per heavy atom. The first kappa shape index (κ1) is 16.7. The van der Waals surface area contributed by atoms with Crippen LogP contribution in [0.4, 0.5) is 11.5 Å². The number of hydrogen-bond acceptors (Lipinski definition) is 7. The van der Waals surface area contributed by atoms with Gasteiger partial charge in [-0.1, -0.05) is 5.16 Å². The minimum Gasteiger partial charge on any atom is -0.368 e. The predicted octanol–water partition coefficient (Wildman–Crippen LogP) is 1.24. The van der Waals surface area contributed by atoms with E-state index in [1.165, 1.54) is 0 Å². The molecule has 0 bridgehead atoms. The second-order valence-electron chi connectivity index (χ2n) is 5.95. The third-order valence-corrected chi connectivity index (χ3v) is 5.69. The molecule has 8 nitrogen and oxygen atoms in total. The van der Waals surface area contributed by atoms with Crippen LogP contribution in [0.1, 0.15) is 11.5 Å². The van der Waals surface area contributed by atoms with Crippen molar-refractivity contribution in [3.05, 3.63) is 29.8 Å². The van der Waals surface area contributed by atoms with E-state index in [-0.39, 0.29) is 16.5 Å². The lowest BCUT2D eigenvalue weighted by atomic mass is 10.3. The monoisotopic (exact) mass is 351 g/mol. The van der Waals surface area contributed by atoms with E-state index >= 15 is 0 Å². The van der Waals surface area contributed by atoms with E-state index in [0.717, 1.165) is 31.9 Å². The van der Waals surface area contributed by atoms with E-state index in [0.29, 0.717) is 5.69 Å². The highest BCUT2D eigenvalue weighted by atomic mass is 32.2. The minimum atomic E-state index is -3.77. The maximum Gasteiger partial charge on any atom is 0.268 e. The Balaban J connectivity index is 1.75. The summed E-state index contributed by atoms with van der Waals surface area (Å²) in [6.07, 6.45) is 1.69. The van der Waals surface area contributed by atoms with Crippen LogP contribution >= 0.6 is 0 Å². The van der Waals surface area contributed by atoms with Crippen LogP contribution < -0.4 is 9.62 Å². The molecule has 9 heteroatoms. The molecule has 3 rings (SSSR count). The van der Waals surface area contributed by atoms with Gasteiger partial charge in [-0.15, -0.1) is 0 Å². The molecule has 2 aromatic heterocycles. The van der Waals surface area contributed by atoms with Crippen molar-refractivity contribution in [3.63, 3.8) is 0 Å². The first-order chi connectivity index (χ1) is 11.4. The van der Waals surface area contributed by atoms with E-state index in [4.69, 9.17) is 4.52 Å². The molecule has 1 aliphatic heterocycles. The van der Waals surface area contributed by atoms with Gasteiger partial charge >= 0.3 is 0 Å². The summed E-state index contributed by atoms with van der Waals surface area (Å²) in [7, 11) is -1.67. The summed E-state index contributed by atoms with van der Waals surface area (Å²) in [5.74, 6) is 0.530. The number of aromatic nitrogens is 2. The lowest BCUT2D eigenvalue weighted by Crippen LogP contribution is -2.44. The molecule has 0 saturated carbocycles. The van der Waals surface area contributed by atoms with E-state index < -0.39 is 10.0 Å². The summed E-state index contributed by atoms with van der Waals surface area (Å²) < 4.78 is 32.3. The van der Waals surface area contributed by atoms with Gasteiger partial charge in [-0.25, -0.2) is 13.4 Å². The van der Waals surface area contributed by atoms with Crippen LogP contribution in [0.25, 0.3) is 0 Å². The normalized spacial score (nSPS) is 16.4. The molecule has 1 fully saturated rings. The first-order valence-electron chi connectivity index (χ1n) is 7.72. The zero-order valence-electron chi connectivity index (χ0n) is 14.0. The molecule has 24 heavy (non-hydrogen) atoms. The number of likely N-dealkylation sites (N-methyl/N-ethyl adjacent to an activating group) is 1. The Bertz CT molecular complexity index is 789. The summed E-state index contributed by atoms with van der Waals surface area (Å²) in [6, 6.07) is 3.55. The van der Waals surface area contributed by atoms with Crippen molar-refractivity contribution in [1.82, 2.24) is 15.0 Å². The molecule has 0 atom stereocenters. The zero-order valence-corrected chi connectivity index (χ0v) is 14.8. The van der Waals surface area contributed by atoms with Gasteiger partial charge in [0.15, 0.2) is 10.7 Å². The highest BCUT2D eigenvalue weighted by Gasteiger charge is 2.24. The first-order valence-corrected chi connectivity index (χ1v) is 9.20. The lowest BCUT2D eigenvalue weighted by Gasteiger charge is -2.33. The van der Waals surface area contributed by atoms with E-state index in [2.05, 4.69) is 31.7 Å². The Hall–Kier alpha value is -2.13. The van der Waals surface area contributed by atoms with Crippen LogP contribution in [0.5, 0.6) is 0 Å². The van der Waals surface area contributed by atoms with Crippen molar-refractivity contribution in [1.29, 1.82) is 0 Å². The van der Waals surface area contributed by atoms with Gasteiger partial charge in [-0.05, 0) is 33.0 Å². The fourth-order valence-electron chi connectivity index (χ4n) is 2.75. The third-order valence-electron chi connectivity index (χ3n) is 4.09. The topological polar surface area (TPSA) is 91.6 Å². The van der Waals surface area contributed by atoms with Gasteiger partial charge in [0.25, 0.3) is 10.0 Å². The molecule has 0 unspecified atom stereocenters. The number of anilines is 2. The highest BCUT2D eigenvalue weighted by Crippen LogP contribution is 2.23. The van der Waals surface area contributed by atoms with Gasteiger partial charge in [-0.3, -0.25) is 4.72 Å². The van der Waals surface area contributed by atoms with Gasteiger partial charge in [0.2, 0.25) is 0 Å². The Morgan fingerprint density at radius 3 is 2.42 bits per heavy atom. The average molecular weight is 351 g/mol. The van der Waals surface area contributed by atoms with Crippen LogP contribution in [-0.2, 0) is 10.0 Å². The zero-order chi connectivity index (χ0) is 17.3. The summed E-state index contributed by atoms with van der Waals surface area (Å²) in [6.45, 7) is 7.03. The molecule has 130 valence electrons. The quantitative estimate of drug-likeness (QED) is 0.886. The van der Waals surface area contributed by atoms with Crippen LogP contribution in [-0.4, -0.2) is 56.7 Å². The second-order valence-corrected chi connectivity index (χ2v) is 7.57. The molecule has 0 radical (unpaired) electrons. The van der Waals surface area contributed by atoms with Crippen molar-refractivity contribution in [2.45, 2.75) is 18.7 Å². The Morgan fingerprint density at radius 1 is 1.17 bits per heavy atom. The molecule has 1 saturated heterocycles. The van der Waals surface area contributed by atoms with Gasteiger partial charge in [-0.2, -0.15) is 0 Å². The maximum absolute atomic E-state index is 12.5. The molecule has 3 heterocycles. The fourth-order valence-corrected chi connectivity index (χ4v) is 4.09. The third kappa shape index (κ3) is 3.36. The molecular weight excluding hydrogens is 330 g/mol. The van der Waals surface area contributed by atoms with Crippen LogP contribution in [0, 0.1) is 13.8 Å². The number of pyridine rings is 1. The smallest absolute Gasteiger partial charge is 0.268 e. The maximum atomic E-state index is 12.5. The van der Waals surface area contributed by atoms with E-state index in [1.807, 2.05) is 6.07 Å². The Kier molecular flexibility index (Phi) is 4.46. The number of piperazine rings is 1. The fraction of sp³-hybridized carbons (Fsp3) is 0.467. The van der Waals surface area contributed by atoms with E-state index in [1.54, 1.807) is 26.1 Å². The van der Waals surface area contributed by atoms with Crippen LogP contribution in [0.3, 0.4) is 0 Å². The summed E-state index contributed by atoms with van der Waals surface area (Å²) in [4.78, 5) is 8.80. The molecule has 0 aliphatic carbocycles. The van der Waals surface area contributed by atoms with Crippen LogP contribution in [0.2, 0.25) is 0 Å². The molecular formula is C15H21N5O3S. The predicted molar refractivity (Wildman–Crippen MR) is 90.7 cm³/mol. The number of rotatable bonds is 4. The SMILES string of the molecule is Cc1noc(C)c1S(=O)(=O)Nc1ccc(N2CCN(C)CC2)cn1. The molecule has 1 aliphatic rings. The molecule has 2 aromatic rings. The largest absolute Gasteiger partial charge is 0.368 e. The molecule has 0 amide bonds. The number of nitrogens with zero attached hydrogens (tertiary/aromatic N) is 4. The average Bonchev–Trinajstić information content (AvgIpc) is 2.88. The summed E-state index contributed by atoms with van der Waals surface area (Å²) in [5, 5.41) is 3.68. The highest BCUT2D eigenvalue weighted by molar-refractivity contribution is 7.92. The van der Waals surface area contributed by atoms with Gasteiger partial charge in [0.05, 0.1) is 11.9 Å². The number of nitrogens with one attached hydrogen (secondary N) is 1. The van der Waals surface area contributed by atoms with Crippen molar-refractivity contribution in [2.24, 2.45) is 0 Å². The van der Waals surface area contributed by atoms with E-state index in [9.17, 15) is 8.42 Å². The van der Waals surface area contributed by atoms with Gasteiger partial charge < -0.3 is 14.3 Å². The minimum absolute atomic E-state index is 0.0624. The van der Waals surface area contributed by atoms with Crippen LogP contribution in [0.15, 0.2) is 27.7 Å². The number of sulfonamides is 1. The van der Waals surface area contributed by atoms with Crippen molar-refractivity contribution < 1.29 is 12.9 Å². The van der Waals surface area contributed by atoms with Crippen molar-refractivity contribution >= 4 is 21.5 Å².